The van der Waals surface area contributed by atoms with Gasteiger partial charge in [0.05, 0.1) is 7.11 Å². The van der Waals surface area contributed by atoms with E-state index in [-0.39, 0.29) is 5.78 Å². The minimum atomic E-state index is -1.05. The summed E-state index contributed by atoms with van der Waals surface area (Å²) in [4.78, 5) is 24.8. The van der Waals surface area contributed by atoms with Gasteiger partial charge in [0.1, 0.15) is 5.41 Å². The quantitative estimate of drug-likeness (QED) is 0.475. The van der Waals surface area contributed by atoms with Gasteiger partial charge in [-0.1, -0.05) is 36.4 Å². The van der Waals surface area contributed by atoms with E-state index in [9.17, 15) is 9.59 Å². The molecule has 3 nitrogen and oxygen atoms in total. The number of carbonyl (C=O) groups is 2. The molecule has 0 fully saturated rings. The highest BCUT2D eigenvalue weighted by Gasteiger charge is 2.48. The van der Waals surface area contributed by atoms with Gasteiger partial charge in [-0.3, -0.25) is 9.59 Å². The Hall–Kier alpha value is -1.90. The molecule has 1 aliphatic carbocycles. The Labute approximate surface area is 113 Å². The molecule has 1 atom stereocenters. The molecule has 0 saturated carbocycles. The molecule has 19 heavy (non-hydrogen) atoms. The summed E-state index contributed by atoms with van der Waals surface area (Å²) in [6.45, 7) is 1.88. The Morgan fingerprint density at radius 1 is 1.42 bits per heavy atom. The van der Waals surface area contributed by atoms with Crippen molar-refractivity contribution >= 4 is 11.8 Å². The van der Waals surface area contributed by atoms with E-state index in [0.717, 1.165) is 12.0 Å². The van der Waals surface area contributed by atoms with Gasteiger partial charge in [0.25, 0.3) is 0 Å². The topological polar surface area (TPSA) is 43.4 Å². The van der Waals surface area contributed by atoms with Gasteiger partial charge in [-0.05, 0) is 31.7 Å². The molecule has 0 saturated heterocycles. The maximum Gasteiger partial charge on any atom is 0.320 e. The summed E-state index contributed by atoms with van der Waals surface area (Å²) in [7, 11) is 1.34. The summed E-state index contributed by atoms with van der Waals surface area (Å²) in [6, 6.07) is 7.50. The molecule has 0 aromatic heterocycles. The van der Waals surface area contributed by atoms with Crippen LogP contribution in [0, 0.1) is 5.41 Å². The van der Waals surface area contributed by atoms with E-state index in [2.05, 4.69) is 0 Å². The van der Waals surface area contributed by atoms with Crippen LogP contribution in [0.4, 0.5) is 0 Å². The Bertz CT molecular complexity index is 531. The van der Waals surface area contributed by atoms with Crippen molar-refractivity contribution in [3.8, 4) is 0 Å². The van der Waals surface area contributed by atoms with Crippen LogP contribution in [0.3, 0.4) is 0 Å². The number of aryl methyl sites for hydroxylation is 1. The van der Waals surface area contributed by atoms with E-state index in [1.165, 1.54) is 7.11 Å². The first-order valence-corrected chi connectivity index (χ1v) is 6.48. The number of rotatable bonds is 3. The van der Waals surface area contributed by atoms with Crippen LogP contribution in [0.1, 0.15) is 35.7 Å². The van der Waals surface area contributed by atoms with Crippen LogP contribution < -0.4 is 0 Å². The van der Waals surface area contributed by atoms with Gasteiger partial charge < -0.3 is 4.74 Å². The number of esters is 1. The number of ether oxygens (including phenoxy) is 1. The zero-order chi connectivity index (χ0) is 13.9. The predicted molar refractivity (Wildman–Crippen MR) is 73.0 cm³/mol. The first kappa shape index (κ1) is 13.5. The fourth-order valence-corrected chi connectivity index (χ4v) is 2.67. The average molecular weight is 258 g/mol. The van der Waals surface area contributed by atoms with Crippen LogP contribution in [-0.4, -0.2) is 18.9 Å². The minimum absolute atomic E-state index is 0.112. The normalized spacial score (nSPS) is 22.3. The number of benzene rings is 1. The summed E-state index contributed by atoms with van der Waals surface area (Å²) >= 11 is 0. The van der Waals surface area contributed by atoms with Crippen molar-refractivity contribution in [3.63, 3.8) is 0 Å². The van der Waals surface area contributed by atoms with Crippen LogP contribution in [-0.2, 0) is 16.0 Å². The zero-order valence-electron chi connectivity index (χ0n) is 11.3. The third-order valence-corrected chi connectivity index (χ3v) is 3.80. The van der Waals surface area contributed by atoms with Crippen LogP contribution in [0.2, 0.25) is 0 Å². The third-order valence-electron chi connectivity index (χ3n) is 3.80. The predicted octanol–water partition coefficient (Wildman–Crippen LogP) is 2.94. The van der Waals surface area contributed by atoms with Gasteiger partial charge in [-0.25, -0.2) is 0 Å². The molecule has 1 aromatic rings. The van der Waals surface area contributed by atoms with Gasteiger partial charge in [-0.2, -0.15) is 0 Å². The van der Waals surface area contributed by atoms with Gasteiger partial charge in [0.2, 0.25) is 0 Å². The second kappa shape index (κ2) is 5.39. The lowest BCUT2D eigenvalue weighted by Crippen LogP contribution is -2.43. The maximum atomic E-state index is 12.7. The van der Waals surface area contributed by atoms with Crippen LogP contribution >= 0.6 is 0 Å². The van der Waals surface area contributed by atoms with Crippen molar-refractivity contribution < 1.29 is 14.3 Å². The molecule has 2 rings (SSSR count). The largest absolute Gasteiger partial charge is 0.468 e. The highest BCUT2D eigenvalue weighted by Crippen LogP contribution is 2.39. The van der Waals surface area contributed by atoms with E-state index < -0.39 is 11.4 Å². The maximum absolute atomic E-state index is 12.7. The Morgan fingerprint density at radius 3 is 2.84 bits per heavy atom. The molecule has 0 N–H and O–H groups in total. The molecule has 100 valence electrons. The van der Waals surface area contributed by atoms with E-state index in [0.29, 0.717) is 18.4 Å². The number of carbonyl (C=O) groups excluding carboxylic acids is 2. The highest BCUT2D eigenvalue weighted by atomic mass is 16.5. The summed E-state index contributed by atoms with van der Waals surface area (Å²) < 4.78 is 4.88. The highest BCUT2D eigenvalue weighted by molar-refractivity contribution is 6.14. The summed E-state index contributed by atoms with van der Waals surface area (Å²) in [6.07, 6.45) is 5.37. The minimum Gasteiger partial charge on any atom is -0.468 e. The third kappa shape index (κ3) is 2.21. The first-order chi connectivity index (χ1) is 9.15. The van der Waals surface area contributed by atoms with Crippen molar-refractivity contribution in [3.05, 3.63) is 47.5 Å². The lowest BCUT2D eigenvalue weighted by molar-refractivity contribution is -0.150. The van der Waals surface area contributed by atoms with Crippen molar-refractivity contribution in [2.24, 2.45) is 5.41 Å². The number of hydrogen-bond acceptors (Lipinski definition) is 3. The second-order valence-electron chi connectivity index (χ2n) is 4.83. The molecule has 0 aliphatic heterocycles. The molecule has 0 heterocycles. The number of ketones is 1. The summed E-state index contributed by atoms with van der Waals surface area (Å²) in [5.41, 5.74) is 0.631. The lowest BCUT2D eigenvalue weighted by atomic mass is 9.68. The second-order valence-corrected chi connectivity index (χ2v) is 4.83. The molecule has 0 unspecified atom stereocenters. The average Bonchev–Trinajstić information content (AvgIpc) is 2.46. The molecule has 0 spiro atoms. The van der Waals surface area contributed by atoms with Crippen molar-refractivity contribution in [1.29, 1.82) is 0 Å². The fraction of sp³-hybridized carbons (Fsp3) is 0.375. The number of allylic oxidation sites excluding steroid dienone is 2. The molecule has 0 radical (unpaired) electrons. The molecule has 1 aliphatic rings. The SMILES string of the molecule is C/C=C/C[C@]1(C(=O)OC)CCc2ccccc2C1=O. The van der Waals surface area contributed by atoms with Crippen molar-refractivity contribution in [1.82, 2.24) is 0 Å². The van der Waals surface area contributed by atoms with Crippen LogP contribution in [0.25, 0.3) is 0 Å². The van der Waals surface area contributed by atoms with E-state index in [1.807, 2.05) is 37.3 Å². The van der Waals surface area contributed by atoms with E-state index in [1.54, 1.807) is 6.07 Å². The molecular weight excluding hydrogens is 240 g/mol. The van der Waals surface area contributed by atoms with Gasteiger partial charge in [0.15, 0.2) is 5.78 Å². The van der Waals surface area contributed by atoms with Crippen LogP contribution in [0.5, 0.6) is 0 Å². The number of methoxy groups -OCH3 is 1. The Kier molecular flexibility index (Phi) is 3.84. The molecule has 0 amide bonds. The van der Waals surface area contributed by atoms with Crippen molar-refractivity contribution in [2.45, 2.75) is 26.2 Å². The fourth-order valence-electron chi connectivity index (χ4n) is 2.67. The number of hydrogen-bond donors (Lipinski definition) is 0. The zero-order valence-corrected chi connectivity index (χ0v) is 11.3. The van der Waals surface area contributed by atoms with Crippen molar-refractivity contribution in [2.75, 3.05) is 7.11 Å². The molecular formula is C16H18O3. The Morgan fingerprint density at radius 2 is 2.16 bits per heavy atom. The number of fused-ring (bicyclic) bond motifs is 1. The van der Waals surface area contributed by atoms with Gasteiger partial charge in [0, 0.05) is 5.56 Å². The standard InChI is InChI=1S/C16H18O3/c1-3-4-10-16(15(18)19-2)11-9-12-7-5-6-8-13(12)14(16)17/h3-8H,9-11H2,1-2H3/b4-3+/t16-/m0/s1. The number of Topliss-reactive ketones (excluding diaryl/α,β-unsaturated/α-hetero) is 1. The monoisotopic (exact) mass is 258 g/mol. The first-order valence-electron chi connectivity index (χ1n) is 6.48. The molecule has 3 heteroatoms. The van der Waals surface area contributed by atoms with Gasteiger partial charge >= 0.3 is 5.97 Å². The Balaban J connectivity index is 2.47. The summed E-state index contributed by atoms with van der Waals surface area (Å²) in [5.74, 6) is -0.538. The smallest absolute Gasteiger partial charge is 0.320 e. The van der Waals surface area contributed by atoms with E-state index >= 15 is 0 Å². The lowest BCUT2D eigenvalue weighted by Gasteiger charge is -2.33. The molecule has 1 aromatic carbocycles. The molecule has 0 bridgehead atoms. The van der Waals surface area contributed by atoms with Gasteiger partial charge in [-0.15, -0.1) is 0 Å². The van der Waals surface area contributed by atoms with E-state index in [4.69, 9.17) is 4.74 Å². The summed E-state index contributed by atoms with van der Waals surface area (Å²) in [5, 5.41) is 0. The van der Waals surface area contributed by atoms with Crippen LogP contribution in [0.15, 0.2) is 36.4 Å².